The number of hydrogen-bond donors (Lipinski definition) is 0. The van der Waals surface area contributed by atoms with Gasteiger partial charge in [-0.05, 0) is 50.7 Å². The average molecular weight is 372 g/mol. The van der Waals surface area contributed by atoms with E-state index < -0.39 is 0 Å². The molecule has 1 aromatic rings. The molecule has 2 saturated heterocycles. The van der Waals surface area contributed by atoms with Crippen LogP contribution in [0.4, 0.5) is 0 Å². The Morgan fingerprint density at radius 1 is 0.889 bits per heavy atom. The van der Waals surface area contributed by atoms with Crippen molar-refractivity contribution in [2.24, 2.45) is 5.92 Å². The van der Waals surface area contributed by atoms with Gasteiger partial charge in [0.05, 0.1) is 0 Å². The number of ether oxygens (including phenoxy) is 1. The second kappa shape index (κ2) is 9.05. The average Bonchev–Trinajstić information content (AvgIpc) is 2.75. The van der Waals surface area contributed by atoms with Gasteiger partial charge in [-0.2, -0.15) is 0 Å². The molecule has 1 amide bonds. The number of hydrogen-bond acceptors (Lipinski definition) is 4. The number of rotatable bonds is 4. The summed E-state index contributed by atoms with van der Waals surface area (Å²) in [6.45, 7) is 4.12. The van der Waals surface area contributed by atoms with Crippen molar-refractivity contribution in [2.75, 3.05) is 26.2 Å². The number of likely N-dealkylation sites (tertiary alicyclic amines) is 2. The van der Waals surface area contributed by atoms with E-state index in [4.69, 9.17) is 4.74 Å². The van der Waals surface area contributed by atoms with Crippen LogP contribution in [0.3, 0.4) is 0 Å². The van der Waals surface area contributed by atoms with E-state index >= 15 is 0 Å². The van der Waals surface area contributed by atoms with Gasteiger partial charge < -0.3 is 9.64 Å². The molecule has 1 aromatic heterocycles. The smallest absolute Gasteiger partial charge is 0.225 e. The first kappa shape index (κ1) is 18.7. The highest BCUT2D eigenvalue weighted by Gasteiger charge is 2.32. The van der Waals surface area contributed by atoms with Gasteiger partial charge in [-0.25, -0.2) is 0 Å². The largest absolute Gasteiger partial charge is 0.490 e. The zero-order valence-corrected chi connectivity index (χ0v) is 16.4. The van der Waals surface area contributed by atoms with Gasteiger partial charge in [0, 0.05) is 50.5 Å². The van der Waals surface area contributed by atoms with Crippen molar-refractivity contribution in [2.45, 2.75) is 69.9 Å². The number of pyridine rings is 1. The van der Waals surface area contributed by atoms with E-state index in [1.54, 1.807) is 12.4 Å². The third-order valence-electron chi connectivity index (χ3n) is 6.68. The Bertz CT molecular complexity index is 587. The molecular weight excluding hydrogens is 338 g/mol. The molecule has 27 heavy (non-hydrogen) atoms. The molecule has 0 unspecified atom stereocenters. The lowest BCUT2D eigenvalue weighted by Crippen LogP contribution is -2.51. The van der Waals surface area contributed by atoms with Crippen molar-refractivity contribution in [3.8, 4) is 5.75 Å². The van der Waals surface area contributed by atoms with Crippen LogP contribution in [0.15, 0.2) is 24.5 Å². The van der Waals surface area contributed by atoms with Crippen molar-refractivity contribution in [3.63, 3.8) is 0 Å². The molecule has 5 heteroatoms. The fourth-order valence-corrected chi connectivity index (χ4v) is 5.03. The lowest BCUT2D eigenvalue weighted by Gasteiger charge is -2.42. The van der Waals surface area contributed by atoms with Crippen LogP contribution in [-0.2, 0) is 4.79 Å². The third kappa shape index (κ3) is 4.81. The summed E-state index contributed by atoms with van der Waals surface area (Å²) in [7, 11) is 0. The molecule has 148 valence electrons. The van der Waals surface area contributed by atoms with Crippen LogP contribution in [0.5, 0.6) is 5.75 Å². The van der Waals surface area contributed by atoms with E-state index in [0.717, 1.165) is 70.5 Å². The quantitative estimate of drug-likeness (QED) is 0.813. The molecule has 2 aliphatic heterocycles. The fourth-order valence-electron chi connectivity index (χ4n) is 5.03. The molecule has 3 heterocycles. The first-order chi connectivity index (χ1) is 13.3. The highest BCUT2D eigenvalue weighted by Crippen LogP contribution is 2.28. The third-order valence-corrected chi connectivity index (χ3v) is 6.68. The lowest BCUT2D eigenvalue weighted by molar-refractivity contribution is -0.138. The van der Waals surface area contributed by atoms with E-state index in [1.165, 1.54) is 19.3 Å². The number of nitrogens with zero attached hydrogens (tertiary/aromatic N) is 3. The maximum Gasteiger partial charge on any atom is 0.225 e. The Labute approximate surface area is 163 Å². The van der Waals surface area contributed by atoms with Crippen molar-refractivity contribution in [3.05, 3.63) is 24.5 Å². The number of aromatic nitrogens is 1. The SMILES string of the molecule is O=C(C1CCCCC1)N1CCC(N2CCC(Oc3ccncc3)CC2)CC1. The summed E-state index contributed by atoms with van der Waals surface area (Å²) >= 11 is 0. The van der Waals surface area contributed by atoms with Gasteiger partial charge in [0.15, 0.2) is 0 Å². The zero-order chi connectivity index (χ0) is 18.5. The van der Waals surface area contributed by atoms with E-state index in [-0.39, 0.29) is 0 Å². The summed E-state index contributed by atoms with van der Waals surface area (Å²) in [5.74, 6) is 1.69. The summed E-state index contributed by atoms with van der Waals surface area (Å²) in [5, 5.41) is 0. The summed E-state index contributed by atoms with van der Waals surface area (Å²) in [5.41, 5.74) is 0. The fraction of sp³-hybridized carbons (Fsp3) is 0.727. The molecule has 0 radical (unpaired) electrons. The highest BCUT2D eigenvalue weighted by molar-refractivity contribution is 5.79. The Morgan fingerprint density at radius 3 is 2.22 bits per heavy atom. The van der Waals surface area contributed by atoms with Gasteiger partial charge >= 0.3 is 0 Å². The van der Waals surface area contributed by atoms with Crippen molar-refractivity contribution >= 4 is 5.91 Å². The van der Waals surface area contributed by atoms with Crippen molar-refractivity contribution in [1.82, 2.24) is 14.8 Å². The Morgan fingerprint density at radius 2 is 1.56 bits per heavy atom. The van der Waals surface area contributed by atoms with Crippen LogP contribution in [-0.4, -0.2) is 59.0 Å². The maximum absolute atomic E-state index is 12.7. The van der Waals surface area contributed by atoms with Crippen LogP contribution in [0, 0.1) is 5.92 Å². The van der Waals surface area contributed by atoms with Gasteiger partial charge in [-0.15, -0.1) is 0 Å². The summed E-state index contributed by atoms with van der Waals surface area (Å²) < 4.78 is 6.09. The van der Waals surface area contributed by atoms with Crippen LogP contribution in [0.2, 0.25) is 0 Å². The Kier molecular flexibility index (Phi) is 6.28. The van der Waals surface area contributed by atoms with Crippen LogP contribution >= 0.6 is 0 Å². The predicted octanol–water partition coefficient (Wildman–Crippen LogP) is 3.50. The zero-order valence-electron chi connectivity index (χ0n) is 16.4. The predicted molar refractivity (Wildman–Crippen MR) is 106 cm³/mol. The second-order valence-electron chi connectivity index (χ2n) is 8.43. The maximum atomic E-state index is 12.7. The Balaban J connectivity index is 1.20. The minimum atomic E-state index is 0.316. The first-order valence-electron chi connectivity index (χ1n) is 10.9. The highest BCUT2D eigenvalue weighted by atomic mass is 16.5. The normalized spacial score (nSPS) is 24.1. The van der Waals surface area contributed by atoms with Gasteiger partial charge in [-0.3, -0.25) is 14.7 Å². The molecule has 5 nitrogen and oxygen atoms in total. The second-order valence-corrected chi connectivity index (χ2v) is 8.43. The first-order valence-corrected chi connectivity index (χ1v) is 10.9. The molecule has 3 aliphatic rings. The summed E-state index contributed by atoms with van der Waals surface area (Å²) in [6, 6.07) is 4.51. The van der Waals surface area contributed by atoms with E-state index in [1.807, 2.05) is 12.1 Å². The van der Waals surface area contributed by atoms with Gasteiger partial charge in [-0.1, -0.05) is 19.3 Å². The lowest BCUT2D eigenvalue weighted by atomic mass is 9.87. The number of carbonyl (C=O) groups is 1. The number of carbonyl (C=O) groups excluding carboxylic acids is 1. The minimum absolute atomic E-state index is 0.316. The van der Waals surface area contributed by atoms with Gasteiger partial charge in [0.25, 0.3) is 0 Å². The monoisotopic (exact) mass is 371 g/mol. The Hall–Kier alpha value is -1.62. The molecule has 3 fully saturated rings. The summed E-state index contributed by atoms with van der Waals surface area (Å²) in [6.07, 6.45) is 14.3. The van der Waals surface area contributed by atoms with Crippen molar-refractivity contribution < 1.29 is 9.53 Å². The molecule has 0 spiro atoms. The topological polar surface area (TPSA) is 45.7 Å². The molecule has 1 aliphatic carbocycles. The molecule has 1 saturated carbocycles. The molecule has 0 atom stereocenters. The number of amides is 1. The van der Waals surface area contributed by atoms with Crippen LogP contribution < -0.4 is 4.74 Å². The van der Waals surface area contributed by atoms with Crippen molar-refractivity contribution in [1.29, 1.82) is 0 Å². The van der Waals surface area contributed by atoms with Gasteiger partial charge in [0.1, 0.15) is 11.9 Å². The van der Waals surface area contributed by atoms with E-state index in [9.17, 15) is 4.79 Å². The van der Waals surface area contributed by atoms with Gasteiger partial charge in [0.2, 0.25) is 5.91 Å². The van der Waals surface area contributed by atoms with E-state index in [2.05, 4.69) is 14.8 Å². The van der Waals surface area contributed by atoms with E-state index in [0.29, 0.717) is 24.0 Å². The molecule has 0 aromatic carbocycles. The summed E-state index contributed by atoms with van der Waals surface area (Å²) in [4.78, 5) is 21.6. The number of piperidine rings is 2. The molecule has 0 bridgehead atoms. The minimum Gasteiger partial charge on any atom is -0.490 e. The molecular formula is C22H33N3O2. The van der Waals surface area contributed by atoms with Crippen LogP contribution in [0.1, 0.15) is 57.8 Å². The molecule has 0 N–H and O–H groups in total. The standard InChI is InChI=1S/C22H33N3O2/c26-22(18-4-2-1-3-5-18)25-14-8-19(9-15-25)24-16-10-21(11-17-24)27-20-6-12-23-13-7-20/h6-7,12-13,18-19,21H,1-5,8-11,14-17H2. The van der Waals surface area contributed by atoms with Crippen LogP contribution in [0.25, 0.3) is 0 Å². The molecule has 4 rings (SSSR count).